The van der Waals surface area contributed by atoms with Gasteiger partial charge in [0, 0.05) is 0 Å². The van der Waals surface area contributed by atoms with Gasteiger partial charge in [-0.15, -0.1) is 0 Å². The predicted molar refractivity (Wildman–Crippen MR) is 104 cm³/mol. The summed E-state index contributed by atoms with van der Waals surface area (Å²) in [5.41, 5.74) is 0.0355. The van der Waals surface area contributed by atoms with Crippen molar-refractivity contribution in [3.05, 3.63) is 0 Å². The predicted octanol–water partition coefficient (Wildman–Crippen LogP) is 7.65. The van der Waals surface area contributed by atoms with Gasteiger partial charge in [0.1, 0.15) is 0 Å². The van der Waals surface area contributed by atoms with Crippen LogP contribution < -0.4 is 0 Å². The van der Waals surface area contributed by atoms with Gasteiger partial charge < -0.3 is 0 Å². The van der Waals surface area contributed by atoms with E-state index >= 15 is 0 Å². The van der Waals surface area contributed by atoms with Gasteiger partial charge in [-0.2, -0.15) is 5.26 Å². The Labute approximate surface area is 151 Å². The maximum Gasteiger partial charge on any atom is 0.0689 e. The van der Waals surface area contributed by atoms with Crippen molar-refractivity contribution in [1.82, 2.24) is 0 Å². The van der Waals surface area contributed by atoms with Gasteiger partial charge in [0.15, 0.2) is 0 Å². The molecule has 1 nitrogen and oxygen atoms in total. The lowest BCUT2D eigenvalue weighted by atomic mass is 9.62. The first kappa shape index (κ1) is 19.8. The fourth-order valence-corrected chi connectivity index (χ4v) is 5.66. The molecular weight excluding hydrogens is 290 g/mol. The van der Waals surface area contributed by atoms with Crippen LogP contribution in [0.1, 0.15) is 117 Å². The Morgan fingerprint density at radius 2 is 1.62 bits per heavy atom. The van der Waals surface area contributed by atoms with Crippen LogP contribution in [0.15, 0.2) is 0 Å². The van der Waals surface area contributed by atoms with Crippen molar-refractivity contribution in [1.29, 1.82) is 5.26 Å². The van der Waals surface area contributed by atoms with E-state index in [1.54, 1.807) is 0 Å². The summed E-state index contributed by atoms with van der Waals surface area (Å²) in [5, 5.41) is 9.74. The molecule has 0 aliphatic heterocycles. The van der Waals surface area contributed by atoms with Crippen molar-refractivity contribution < 1.29 is 0 Å². The highest BCUT2D eigenvalue weighted by atomic mass is 14.5. The molecule has 0 heterocycles. The minimum Gasteiger partial charge on any atom is -0.198 e. The first-order valence-corrected chi connectivity index (χ1v) is 11.1. The molecule has 2 atom stereocenters. The van der Waals surface area contributed by atoms with Crippen LogP contribution in [0.25, 0.3) is 0 Å². The van der Waals surface area contributed by atoms with Crippen LogP contribution in [-0.2, 0) is 0 Å². The van der Waals surface area contributed by atoms with E-state index in [9.17, 15) is 5.26 Å². The Morgan fingerprint density at radius 1 is 0.875 bits per heavy atom. The first-order valence-electron chi connectivity index (χ1n) is 11.1. The summed E-state index contributed by atoms with van der Waals surface area (Å²) >= 11 is 0. The van der Waals surface area contributed by atoms with Gasteiger partial charge in [0.2, 0.25) is 0 Å². The van der Waals surface area contributed by atoms with Gasteiger partial charge in [-0.25, -0.2) is 0 Å². The van der Waals surface area contributed by atoms with E-state index in [2.05, 4.69) is 19.9 Å². The molecule has 2 rings (SSSR count). The number of rotatable bonds is 9. The average molecular weight is 332 g/mol. The molecule has 24 heavy (non-hydrogen) atoms. The van der Waals surface area contributed by atoms with Gasteiger partial charge >= 0.3 is 0 Å². The lowest BCUT2D eigenvalue weighted by Crippen LogP contribution is -2.32. The average Bonchev–Trinajstić information content (AvgIpc) is 2.62. The smallest absolute Gasteiger partial charge is 0.0689 e. The molecule has 0 saturated heterocycles. The summed E-state index contributed by atoms with van der Waals surface area (Å²) in [5.74, 6) is 2.81. The zero-order chi connectivity index (χ0) is 17.3. The summed E-state index contributed by atoms with van der Waals surface area (Å²) in [7, 11) is 0. The highest BCUT2D eigenvalue weighted by molar-refractivity contribution is 5.02. The molecule has 2 aliphatic carbocycles. The molecule has 0 amide bonds. The van der Waals surface area contributed by atoms with Crippen LogP contribution >= 0.6 is 0 Å². The standard InChI is InChI=1S/C23H41N/c1-3-5-6-7-8-10-20-12-14-21(15-13-20)22-11-9-17-23(18-22,19-24)16-4-2/h20-22H,3-18H2,1-2H3/t20?,21?,22-,23+/m1/s1. The zero-order valence-electron chi connectivity index (χ0n) is 16.5. The van der Waals surface area contributed by atoms with Gasteiger partial charge in [-0.05, 0) is 49.9 Å². The van der Waals surface area contributed by atoms with E-state index in [0.717, 1.165) is 24.2 Å². The molecule has 0 aromatic rings. The van der Waals surface area contributed by atoms with Crippen LogP contribution in [0.5, 0.6) is 0 Å². The number of unbranched alkanes of at least 4 members (excludes halogenated alkanes) is 4. The minimum atomic E-state index is 0.0355. The van der Waals surface area contributed by atoms with E-state index in [0.29, 0.717) is 0 Å². The van der Waals surface area contributed by atoms with Crippen molar-refractivity contribution in [2.24, 2.45) is 23.2 Å². The normalized spacial score (nSPS) is 34.0. The van der Waals surface area contributed by atoms with Crippen molar-refractivity contribution in [3.8, 4) is 6.07 Å². The van der Waals surface area contributed by atoms with Crippen LogP contribution in [0.3, 0.4) is 0 Å². The number of hydrogen-bond donors (Lipinski definition) is 0. The summed E-state index contributed by atoms with van der Waals surface area (Å²) in [6, 6.07) is 2.74. The van der Waals surface area contributed by atoms with Gasteiger partial charge in [-0.3, -0.25) is 0 Å². The Hall–Kier alpha value is -0.510. The molecule has 0 radical (unpaired) electrons. The van der Waals surface area contributed by atoms with E-state index in [-0.39, 0.29) is 5.41 Å². The van der Waals surface area contributed by atoms with E-state index < -0.39 is 0 Å². The van der Waals surface area contributed by atoms with Crippen molar-refractivity contribution >= 4 is 0 Å². The van der Waals surface area contributed by atoms with Gasteiger partial charge in [0.05, 0.1) is 11.5 Å². The molecule has 1 heteroatoms. The van der Waals surface area contributed by atoms with Crippen LogP contribution in [0.4, 0.5) is 0 Å². The monoisotopic (exact) mass is 331 g/mol. The molecule has 2 aliphatic rings. The maximum atomic E-state index is 9.74. The molecular formula is C23H41N. The zero-order valence-corrected chi connectivity index (χ0v) is 16.5. The molecule has 0 bridgehead atoms. The second-order valence-electron chi connectivity index (χ2n) is 8.98. The molecule has 2 saturated carbocycles. The molecule has 0 spiro atoms. The fraction of sp³-hybridized carbons (Fsp3) is 0.957. The molecule has 0 aromatic carbocycles. The summed E-state index contributed by atoms with van der Waals surface area (Å²) < 4.78 is 0. The lowest BCUT2D eigenvalue weighted by molar-refractivity contribution is 0.103. The number of nitrogens with zero attached hydrogens (tertiary/aromatic N) is 1. The largest absolute Gasteiger partial charge is 0.198 e. The van der Waals surface area contributed by atoms with Gasteiger partial charge in [-0.1, -0.05) is 84.5 Å². The molecule has 138 valence electrons. The van der Waals surface area contributed by atoms with Crippen LogP contribution in [-0.4, -0.2) is 0 Å². The van der Waals surface area contributed by atoms with Crippen LogP contribution in [0, 0.1) is 34.5 Å². The second kappa shape index (κ2) is 10.5. The Bertz CT molecular complexity index is 370. The summed E-state index contributed by atoms with van der Waals surface area (Å²) in [4.78, 5) is 0. The van der Waals surface area contributed by atoms with Gasteiger partial charge in [0.25, 0.3) is 0 Å². The minimum absolute atomic E-state index is 0.0355. The van der Waals surface area contributed by atoms with Crippen molar-refractivity contribution in [2.45, 2.75) is 117 Å². The lowest BCUT2D eigenvalue weighted by Gasteiger charge is -2.41. The molecule has 0 N–H and O–H groups in total. The number of hydrogen-bond acceptors (Lipinski definition) is 1. The molecule has 0 unspecified atom stereocenters. The topological polar surface area (TPSA) is 23.8 Å². The SMILES string of the molecule is CCCCCCCC1CCC([C@@H]2CCC[C@@](C#N)(CCC)C2)CC1. The third-order valence-electron chi connectivity index (χ3n) is 7.12. The Morgan fingerprint density at radius 3 is 2.29 bits per heavy atom. The van der Waals surface area contributed by atoms with E-state index in [4.69, 9.17) is 0 Å². The highest BCUT2D eigenvalue weighted by Crippen LogP contribution is 2.48. The Kier molecular flexibility index (Phi) is 8.65. The van der Waals surface area contributed by atoms with Crippen molar-refractivity contribution in [2.75, 3.05) is 0 Å². The molecule has 2 fully saturated rings. The summed E-state index contributed by atoms with van der Waals surface area (Å²) in [6.45, 7) is 4.54. The summed E-state index contributed by atoms with van der Waals surface area (Å²) in [6.07, 6.45) is 21.9. The van der Waals surface area contributed by atoms with E-state index in [1.165, 1.54) is 96.3 Å². The second-order valence-corrected chi connectivity index (χ2v) is 8.98. The van der Waals surface area contributed by atoms with Crippen molar-refractivity contribution in [3.63, 3.8) is 0 Å². The Balaban J connectivity index is 1.71. The third-order valence-corrected chi connectivity index (χ3v) is 7.12. The molecule has 0 aromatic heterocycles. The highest BCUT2D eigenvalue weighted by Gasteiger charge is 2.39. The van der Waals surface area contributed by atoms with Crippen LogP contribution in [0.2, 0.25) is 0 Å². The van der Waals surface area contributed by atoms with E-state index in [1.807, 2.05) is 0 Å². The fourth-order valence-electron chi connectivity index (χ4n) is 5.66. The number of nitriles is 1. The third kappa shape index (κ3) is 5.79. The first-order chi connectivity index (χ1) is 11.7. The maximum absolute atomic E-state index is 9.74. The quantitative estimate of drug-likeness (QED) is 0.398.